The highest BCUT2D eigenvalue weighted by molar-refractivity contribution is 9.10. The van der Waals surface area contributed by atoms with Crippen molar-refractivity contribution in [3.05, 3.63) is 45.1 Å². The maximum Gasteiger partial charge on any atom is 0.142 e. The van der Waals surface area contributed by atoms with Gasteiger partial charge in [-0.3, -0.25) is 0 Å². The SMILES string of the molecule is COc1ccc(Cl)cc1-n1c(C)cc(Br)c1C. The van der Waals surface area contributed by atoms with Crippen molar-refractivity contribution >= 4 is 27.5 Å². The van der Waals surface area contributed by atoms with Crippen molar-refractivity contribution in [2.75, 3.05) is 7.11 Å². The molecule has 0 bridgehead atoms. The fourth-order valence-corrected chi connectivity index (χ4v) is 2.61. The number of rotatable bonds is 2. The van der Waals surface area contributed by atoms with Crippen LogP contribution in [0.3, 0.4) is 0 Å². The average molecular weight is 315 g/mol. The molecule has 0 aliphatic heterocycles. The summed E-state index contributed by atoms with van der Waals surface area (Å²) >= 11 is 9.59. The Morgan fingerprint density at radius 1 is 1.24 bits per heavy atom. The third-order valence-corrected chi connectivity index (χ3v) is 3.79. The van der Waals surface area contributed by atoms with Gasteiger partial charge in [-0.25, -0.2) is 0 Å². The maximum absolute atomic E-state index is 6.05. The quantitative estimate of drug-likeness (QED) is 0.795. The lowest BCUT2D eigenvalue weighted by atomic mass is 10.2. The number of ether oxygens (including phenoxy) is 1. The largest absolute Gasteiger partial charge is 0.495 e. The molecule has 2 nitrogen and oxygen atoms in total. The number of halogens is 2. The Morgan fingerprint density at radius 3 is 2.47 bits per heavy atom. The number of hydrogen-bond acceptors (Lipinski definition) is 1. The molecular weight excluding hydrogens is 302 g/mol. The van der Waals surface area contributed by atoms with Gasteiger partial charge in [-0.05, 0) is 54.0 Å². The highest BCUT2D eigenvalue weighted by atomic mass is 79.9. The Morgan fingerprint density at radius 2 is 1.94 bits per heavy atom. The highest BCUT2D eigenvalue weighted by Gasteiger charge is 2.13. The van der Waals surface area contributed by atoms with E-state index in [1.165, 1.54) is 0 Å². The molecule has 1 heterocycles. The number of benzene rings is 1. The monoisotopic (exact) mass is 313 g/mol. The van der Waals surface area contributed by atoms with Crippen molar-refractivity contribution in [3.8, 4) is 11.4 Å². The van der Waals surface area contributed by atoms with E-state index < -0.39 is 0 Å². The molecule has 0 radical (unpaired) electrons. The predicted molar refractivity (Wildman–Crippen MR) is 74.5 cm³/mol. The molecule has 17 heavy (non-hydrogen) atoms. The van der Waals surface area contributed by atoms with Gasteiger partial charge in [-0.15, -0.1) is 0 Å². The van der Waals surface area contributed by atoms with Gasteiger partial charge in [0.15, 0.2) is 0 Å². The van der Waals surface area contributed by atoms with Crippen LogP contribution in [0.1, 0.15) is 11.4 Å². The van der Waals surface area contributed by atoms with Gasteiger partial charge in [0.05, 0.1) is 12.8 Å². The Bertz CT molecular complexity index is 563. The Balaban J connectivity index is 2.71. The minimum atomic E-state index is 0.699. The minimum absolute atomic E-state index is 0.699. The second-order valence-corrected chi connectivity index (χ2v) is 5.16. The average Bonchev–Trinajstić information content (AvgIpc) is 2.53. The number of aromatic nitrogens is 1. The Kier molecular flexibility index (Phi) is 3.50. The molecule has 0 unspecified atom stereocenters. The summed E-state index contributed by atoms with van der Waals surface area (Å²) in [5, 5.41) is 0.699. The molecule has 0 spiro atoms. The van der Waals surface area contributed by atoms with E-state index >= 15 is 0 Å². The topological polar surface area (TPSA) is 14.2 Å². The second kappa shape index (κ2) is 4.75. The molecule has 0 atom stereocenters. The first-order chi connectivity index (χ1) is 8.04. The second-order valence-electron chi connectivity index (χ2n) is 3.87. The van der Waals surface area contributed by atoms with Crippen LogP contribution in [0.2, 0.25) is 5.02 Å². The van der Waals surface area contributed by atoms with E-state index in [1.807, 2.05) is 18.2 Å². The standard InChI is InChI=1S/C13H13BrClNO/c1-8-6-11(14)9(2)16(8)12-7-10(15)4-5-13(12)17-3/h4-7H,1-3H3. The van der Waals surface area contributed by atoms with Gasteiger partial charge >= 0.3 is 0 Å². The first kappa shape index (κ1) is 12.5. The number of methoxy groups -OCH3 is 1. The van der Waals surface area contributed by atoms with Crippen molar-refractivity contribution < 1.29 is 4.74 Å². The Labute approximate surface area is 114 Å². The molecular formula is C13H13BrClNO. The van der Waals surface area contributed by atoms with Crippen LogP contribution in [0.5, 0.6) is 5.75 Å². The molecule has 0 saturated carbocycles. The van der Waals surface area contributed by atoms with E-state index in [0.717, 1.165) is 27.3 Å². The van der Waals surface area contributed by atoms with Gasteiger partial charge in [-0.2, -0.15) is 0 Å². The highest BCUT2D eigenvalue weighted by Crippen LogP contribution is 2.32. The molecule has 0 fully saturated rings. The van der Waals surface area contributed by atoms with Gasteiger partial charge in [0.1, 0.15) is 5.75 Å². The third-order valence-electron chi connectivity index (χ3n) is 2.75. The molecule has 0 aliphatic rings. The van der Waals surface area contributed by atoms with Crippen LogP contribution in [0.25, 0.3) is 5.69 Å². The zero-order valence-corrected chi connectivity index (χ0v) is 12.3. The predicted octanol–water partition coefficient (Wildman–Crippen LogP) is 4.52. The first-order valence-corrected chi connectivity index (χ1v) is 6.40. The molecule has 90 valence electrons. The number of hydrogen-bond donors (Lipinski definition) is 0. The van der Waals surface area contributed by atoms with Gasteiger partial charge in [0.2, 0.25) is 0 Å². The normalized spacial score (nSPS) is 10.6. The zero-order chi connectivity index (χ0) is 12.6. The van der Waals surface area contributed by atoms with Crippen LogP contribution in [0.4, 0.5) is 0 Å². The van der Waals surface area contributed by atoms with Crippen LogP contribution in [0.15, 0.2) is 28.7 Å². The van der Waals surface area contributed by atoms with Gasteiger partial charge in [-0.1, -0.05) is 11.6 Å². The van der Waals surface area contributed by atoms with Crippen LogP contribution in [-0.2, 0) is 0 Å². The fraction of sp³-hybridized carbons (Fsp3) is 0.231. The number of nitrogens with zero attached hydrogens (tertiary/aromatic N) is 1. The number of aryl methyl sites for hydroxylation is 1. The Hall–Kier alpha value is -0.930. The van der Waals surface area contributed by atoms with E-state index in [9.17, 15) is 0 Å². The summed E-state index contributed by atoms with van der Waals surface area (Å²) in [6, 6.07) is 7.69. The fourth-order valence-electron chi connectivity index (χ4n) is 1.93. The third kappa shape index (κ3) is 2.22. The minimum Gasteiger partial charge on any atom is -0.495 e. The molecule has 4 heteroatoms. The molecule has 2 aromatic rings. The van der Waals surface area contributed by atoms with Gasteiger partial charge < -0.3 is 9.30 Å². The van der Waals surface area contributed by atoms with Crippen molar-refractivity contribution in [2.45, 2.75) is 13.8 Å². The van der Waals surface area contributed by atoms with E-state index in [2.05, 4.69) is 40.4 Å². The summed E-state index contributed by atoms with van der Waals surface area (Å²) in [6.07, 6.45) is 0. The lowest BCUT2D eigenvalue weighted by molar-refractivity contribution is 0.412. The smallest absolute Gasteiger partial charge is 0.142 e. The van der Waals surface area contributed by atoms with E-state index in [-0.39, 0.29) is 0 Å². The molecule has 1 aromatic heterocycles. The van der Waals surface area contributed by atoms with Crippen molar-refractivity contribution in [3.63, 3.8) is 0 Å². The summed E-state index contributed by atoms with van der Waals surface area (Å²) < 4.78 is 8.58. The van der Waals surface area contributed by atoms with Crippen LogP contribution in [0, 0.1) is 13.8 Å². The lowest BCUT2D eigenvalue weighted by Gasteiger charge is -2.14. The van der Waals surface area contributed by atoms with Crippen molar-refractivity contribution in [2.24, 2.45) is 0 Å². The van der Waals surface area contributed by atoms with Crippen molar-refractivity contribution in [1.82, 2.24) is 4.57 Å². The summed E-state index contributed by atoms with van der Waals surface area (Å²) in [5.74, 6) is 0.809. The van der Waals surface area contributed by atoms with E-state index in [1.54, 1.807) is 7.11 Å². The summed E-state index contributed by atoms with van der Waals surface area (Å²) in [6.45, 7) is 4.11. The van der Waals surface area contributed by atoms with Gasteiger partial charge in [0.25, 0.3) is 0 Å². The van der Waals surface area contributed by atoms with Crippen molar-refractivity contribution in [1.29, 1.82) is 0 Å². The summed E-state index contributed by atoms with van der Waals surface area (Å²) in [4.78, 5) is 0. The lowest BCUT2D eigenvalue weighted by Crippen LogP contribution is -2.01. The molecule has 0 amide bonds. The summed E-state index contributed by atoms with van der Waals surface area (Å²) in [7, 11) is 1.66. The molecule has 0 N–H and O–H groups in total. The first-order valence-electron chi connectivity index (χ1n) is 5.23. The van der Waals surface area contributed by atoms with E-state index in [4.69, 9.17) is 16.3 Å². The molecule has 0 aliphatic carbocycles. The van der Waals surface area contributed by atoms with Gasteiger partial charge in [0, 0.05) is 20.9 Å². The molecule has 1 aromatic carbocycles. The van der Waals surface area contributed by atoms with Crippen LogP contribution in [-0.4, -0.2) is 11.7 Å². The van der Waals surface area contributed by atoms with Crippen LogP contribution < -0.4 is 4.74 Å². The van der Waals surface area contributed by atoms with E-state index in [0.29, 0.717) is 5.02 Å². The summed E-state index contributed by atoms with van der Waals surface area (Å²) in [5.41, 5.74) is 3.22. The van der Waals surface area contributed by atoms with Crippen LogP contribution >= 0.6 is 27.5 Å². The molecule has 0 saturated heterocycles. The zero-order valence-electron chi connectivity index (χ0n) is 9.92. The molecule has 2 rings (SSSR count). The maximum atomic E-state index is 6.05.